The Morgan fingerprint density at radius 1 is 1.14 bits per heavy atom. The minimum Gasteiger partial charge on any atom is -0.486 e. The van der Waals surface area contributed by atoms with Gasteiger partial charge in [-0.3, -0.25) is 4.79 Å². The molecule has 0 N–H and O–H groups in total. The molecule has 0 radical (unpaired) electrons. The minimum absolute atomic E-state index is 0.0277. The molecule has 0 unspecified atom stereocenters. The topological polar surface area (TPSA) is 82.4 Å². The fourth-order valence-electron chi connectivity index (χ4n) is 3.03. The highest BCUT2D eigenvalue weighted by Crippen LogP contribution is 2.31. The molecule has 0 spiro atoms. The van der Waals surface area contributed by atoms with Gasteiger partial charge >= 0.3 is 0 Å². The van der Waals surface area contributed by atoms with Gasteiger partial charge in [0, 0.05) is 19.2 Å². The number of benzene rings is 2. The number of aromatic nitrogens is 4. The molecule has 1 aromatic heterocycles. The molecule has 28 heavy (non-hydrogen) atoms. The molecule has 0 bridgehead atoms. The van der Waals surface area contributed by atoms with E-state index in [2.05, 4.69) is 15.4 Å². The lowest BCUT2D eigenvalue weighted by Gasteiger charge is -2.21. The molecule has 2 aromatic carbocycles. The van der Waals surface area contributed by atoms with Crippen molar-refractivity contribution in [3.63, 3.8) is 0 Å². The van der Waals surface area contributed by atoms with E-state index in [-0.39, 0.29) is 12.5 Å². The number of tetrazole rings is 1. The second-order valence-corrected chi connectivity index (χ2v) is 6.69. The maximum Gasteiger partial charge on any atom is 0.246 e. The maximum atomic E-state index is 12.6. The fraction of sp³-hybridized carbons (Fsp3) is 0.300. The molecule has 1 aliphatic rings. The molecule has 1 amide bonds. The van der Waals surface area contributed by atoms with Crippen molar-refractivity contribution in [3.8, 4) is 22.9 Å². The lowest BCUT2D eigenvalue weighted by molar-refractivity contribution is -0.131. The lowest BCUT2D eigenvalue weighted by Crippen LogP contribution is -2.30. The van der Waals surface area contributed by atoms with E-state index in [4.69, 9.17) is 9.47 Å². The summed E-state index contributed by atoms with van der Waals surface area (Å²) in [5, 5.41) is 12.4. The normalized spacial score (nSPS) is 12.6. The largest absolute Gasteiger partial charge is 0.486 e. The Hall–Kier alpha value is -3.42. The van der Waals surface area contributed by atoms with Gasteiger partial charge in [-0.1, -0.05) is 30.3 Å². The third kappa shape index (κ3) is 3.80. The Kier molecular flexibility index (Phi) is 4.92. The zero-order valence-corrected chi connectivity index (χ0v) is 15.8. The molecule has 8 nitrogen and oxygen atoms in total. The van der Waals surface area contributed by atoms with Gasteiger partial charge in [0.1, 0.15) is 19.8 Å². The number of amides is 1. The van der Waals surface area contributed by atoms with Crippen LogP contribution in [-0.2, 0) is 17.9 Å². The van der Waals surface area contributed by atoms with Gasteiger partial charge in [-0.15, -0.1) is 10.2 Å². The number of aryl methyl sites for hydroxylation is 1. The number of likely N-dealkylation sites (N-methyl/N-ethyl adjacent to an activating group) is 1. The molecule has 8 heteroatoms. The fourth-order valence-corrected chi connectivity index (χ4v) is 3.03. The molecule has 0 aliphatic carbocycles. The molecule has 0 fully saturated rings. The van der Waals surface area contributed by atoms with Gasteiger partial charge in [-0.2, -0.15) is 4.80 Å². The summed E-state index contributed by atoms with van der Waals surface area (Å²) >= 11 is 0. The summed E-state index contributed by atoms with van der Waals surface area (Å²) in [4.78, 5) is 15.5. The van der Waals surface area contributed by atoms with Gasteiger partial charge in [-0.25, -0.2) is 0 Å². The second kappa shape index (κ2) is 7.67. The van der Waals surface area contributed by atoms with E-state index in [1.807, 2.05) is 49.4 Å². The quantitative estimate of drug-likeness (QED) is 0.675. The van der Waals surface area contributed by atoms with E-state index < -0.39 is 0 Å². The average Bonchev–Trinajstić information content (AvgIpc) is 3.16. The zero-order chi connectivity index (χ0) is 19.5. The Morgan fingerprint density at radius 2 is 1.93 bits per heavy atom. The van der Waals surface area contributed by atoms with Crippen LogP contribution in [0.2, 0.25) is 0 Å². The van der Waals surface area contributed by atoms with Crippen LogP contribution in [0.25, 0.3) is 11.4 Å². The highest BCUT2D eigenvalue weighted by atomic mass is 16.6. The van der Waals surface area contributed by atoms with Crippen molar-refractivity contribution in [3.05, 3.63) is 53.6 Å². The van der Waals surface area contributed by atoms with Gasteiger partial charge in [0.05, 0.1) is 0 Å². The van der Waals surface area contributed by atoms with Gasteiger partial charge in [-0.05, 0) is 35.4 Å². The molecular formula is C20H21N5O3. The Labute approximate surface area is 162 Å². The van der Waals surface area contributed by atoms with E-state index >= 15 is 0 Å². The first-order valence-electron chi connectivity index (χ1n) is 9.06. The summed E-state index contributed by atoms with van der Waals surface area (Å²) < 4.78 is 11.1. The standard InChI is InChI=1S/C20H21N5O3/c1-14-5-3-4-6-16(14)20-21-23-25(22-20)13-19(26)24(2)12-15-7-8-17-18(11-15)28-10-9-27-17/h3-8,11H,9-10,12-13H2,1-2H3. The minimum atomic E-state index is -0.108. The average molecular weight is 379 g/mol. The zero-order valence-electron chi connectivity index (χ0n) is 15.8. The number of hydrogen-bond donors (Lipinski definition) is 0. The monoisotopic (exact) mass is 379 g/mol. The first-order valence-corrected chi connectivity index (χ1v) is 9.06. The molecule has 144 valence electrons. The highest BCUT2D eigenvalue weighted by Gasteiger charge is 2.16. The number of rotatable bonds is 5. The van der Waals surface area contributed by atoms with E-state index in [1.165, 1.54) is 4.80 Å². The smallest absolute Gasteiger partial charge is 0.246 e. The van der Waals surface area contributed by atoms with Crippen LogP contribution in [0.5, 0.6) is 11.5 Å². The SMILES string of the molecule is Cc1ccccc1-c1nnn(CC(=O)N(C)Cc2ccc3c(c2)OCCO3)n1. The van der Waals surface area contributed by atoms with Crippen LogP contribution >= 0.6 is 0 Å². The molecule has 3 aromatic rings. The summed E-state index contributed by atoms with van der Waals surface area (Å²) in [5.41, 5.74) is 2.93. The first-order chi connectivity index (χ1) is 13.6. The van der Waals surface area contributed by atoms with Crippen LogP contribution in [0.4, 0.5) is 0 Å². The van der Waals surface area contributed by atoms with Crippen molar-refractivity contribution < 1.29 is 14.3 Å². The molecule has 2 heterocycles. The highest BCUT2D eigenvalue weighted by molar-refractivity contribution is 5.75. The lowest BCUT2D eigenvalue weighted by atomic mass is 10.1. The van der Waals surface area contributed by atoms with Crippen molar-refractivity contribution in [2.24, 2.45) is 0 Å². The van der Waals surface area contributed by atoms with Crippen LogP contribution in [0, 0.1) is 6.92 Å². The Morgan fingerprint density at radius 3 is 2.75 bits per heavy atom. The predicted molar refractivity (Wildman–Crippen MR) is 102 cm³/mol. The summed E-state index contributed by atoms with van der Waals surface area (Å²) in [5.74, 6) is 1.86. The Bertz CT molecular complexity index is 1000. The van der Waals surface area contributed by atoms with Gasteiger partial charge in [0.15, 0.2) is 11.5 Å². The summed E-state index contributed by atoms with van der Waals surface area (Å²) in [6, 6.07) is 13.5. The van der Waals surface area contributed by atoms with Crippen molar-refractivity contribution >= 4 is 5.91 Å². The number of nitrogens with zero attached hydrogens (tertiary/aromatic N) is 5. The molecule has 0 atom stereocenters. The summed E-state index contributed by atoms with van der Waals surface area (Å²) in [6.07, 6.45) is 0. The molecular weight excluding hydrogens is 358 g/mol. The van der Waals surface area contributed by atoms with Gasteiger partial charge in [0.25, 0.3) is 0 Å². The number of carbonyl (C=O) groups excluding carboxylic acids is 1. The van der Waals surface area contributed by atoms with E-state index in [0.29, 0.717) is 31.3 Å². The number of hydrogen-bond acceptors (Lipinski definition) is 6. The molecule has 0 saturated heterocycles. The Balaban J connectivity index is 1.40. The summed E-state index contributed by atoms with van der Waals surface area (Å²) in [6.45, 7) is 3.56. The van der Waals surface area contributed by atoms with Crippen molar-refractivity contribution in [1.82, 2.24) is 25.1 Å². The van der Waals surface area contributed by atoms with Crippen molar-refractivity contribution in [1.29, 1.82) is 0 Å². The molecule has 0 saturated carbocycles. The van der Waals surface area contributed by atoms with Gasteiger partial charge < -0.3 is 14.4 Å². The van der Waals surface area contributed by atoms with Crippen LogP contribution < -0.4 is 9.47 Å². The first kappa shape index (κ1) is 18.0. The van der Waals surface area contributed by atoms with Crippen LogP contribution in [-0.4, -0.2) is 51.3 Å². The molecule has 1 aliphatic heterocycles. The van der Waals surface area contributed by atoms with Crippen LogP contribution in [0.1, 0.15) is 11.1 Å². The van der Waals surface area contributed by atoms with Crippen molar-refractivity contribution in [2.45, 2.75) is 20.0 Å². The number of carbonyl (C=O) groups is 1. The predicted octanol–water partition coefficient (Wildman–Crippen LogP) is 2.08. The third-order valence-corrected chi connectivity index (χ3v) is 4.57. The second-order valence-electron chi connectivity index (χ2n) is 6.69. The van der Waals surface area contributed by atoms with E-state index in [1.54, 1.807) is 11.9 Å². The van der Waals surface area contributed by atoms with Crippen LogP contribution in [0.15, 0.2) is 42.5 Å². The number of ether oxygens (including phenoxy) is 2. The van der Waals surface area contributed by atoms with Crippen molar-refractivity contribution in [2.75, 3.05) is 20.3 Å². The van der Waals surface area contributed by atoms with E-state index in [9.17, 15) is 4.79 Å². The van der Waals surface area contributed by atoms with E-state index in [0.717, 1.165) is 22.4 Å². The van der Waals surface area contributed by atoms with Gasteiger partial charge in [0.2, 0.25) is 11.7 Å². The summed E-state index contributed by atoms with van der Waals surface area (Å²) in [7, 11) is 1.75. The maximum absolute atomic E-state index is 12.6. The molecule has 4 rings (SSSR count). The number of fused-ring (bicyclic) bond motifs is 1. The third-order valence-electron chi connectivity index (χ3n) is 4.57. The van der Waals surface area contributed by atoms with Crippen LogP contribution in [0.3, 0.4) is 0 Å².